The van der Waals surface area contributed by atoms with Crippen LogP contribution in [0.4, 0.5) is 4.39 Å². The van der Waals surface area contributed by atoms with Crippen LogP contribution in [0, 0.1) is 12.2 Å². The fourth-order valence-electron chi connectivity index (χ4n) is 3.49. The van der Waals surface area contributed by atoms with E-state index < -0.39 is 17.9 Å². The molecular formula is C28H30FO7. The Hall–Kier alpha value is -3.62. The lowest BCUT2D eigenvalue weighted by atomic mass is 10.0. The van der Waals surface area contributed by atoms with Gasteiger partial charge in [0.05, 0.1) is 20.3 Å². The molecular weight excluding hydrogens is 467 g/mol. The number of hydrogen-bond acceptors (Lipinski definition) is 7. The smallest absolute Gasteiger partial charge is 0.315 e. The molecule has 0 bridgehead atoms. The zero-order chi connectivity index (χ0) is 25.8. The van der Waals surface area contributed by atoms with Crippen LogP contribution >= 0.6 is 0 Å². The molecule has 0 aliphatic rings. The number of hydrogen-bond donors (Lipinski definition) is 0. The van der Waals surface area contributed by atoms with Crippen LogP contribution in [0.5, 0.6) is 17.2 Å². The van der Waals surface area contributed by atoms with Gasteiger partial charge in [-0.15, -0.1) is 0 Å². The fraction of sp³-hybridized carbons (Fsp3) is 0.286. The van der Waals surface area contributed by atoms with Crippen molar-refractivity contribution in [3.05, 3.63) is 95.7 Å². The van der Waals surface area contributed by atoms with Gasteiger partial charge in [-0.1, -0.05) is 60.7 Å². The fourth-order valence-corrected chi connectivity index (χ4v) is 3.49. The molecule has 3 aromatic carbocycles. The zero-order valence-electron chi connectivity index (χ0n) is 20.6. The first kappa shape index (κ1) is 27.0. The van der Waals surface area contributed by atoms with Crippen molar-refractivity contribution < 1.29 is 37.6 Å². The Labute approximate surface area is 210 Å². The van der Waals surface area contributed by atoms with Crippen molar-refractivity contribution in [3.63, 3.8) is 0 Å². The highest BCUT2D eigenvalue weighted by molar-refractivity contribution is 5.85. The number of esters is 1. The highest BCUT2D eigenvalue weighted by atomic mass is 19.1. The van der Waals surface area contributed by atoms with Crippen molar-refractivity contribution in [1.29, 1.82) is 0 Å². The maximum Gasteiger partial charge on any atom is 0.315 e. The van der Waals surface area contributed by atoms with Gasteiger partial charge < -0.3 is 28.4 Å². The van der Waals surface area contributed by atoms with Gasteiger partial charge in [0.15, 0.2) is 17.6 Å². The molecule has 0 N–H and O–H groups in total. The minimum Gasteiger partial charge on any atom is -0.493 e. The molecule has 7 nitrogen and oxygen atoms in total. The first-order chi connectivity index (χ1) is 17.6. The number of rotatable bonds is 14. The second kappa shape index (κ2) is 14.1. The van der Waals surface area contributed by atoms with Gasteiger partial charge in [0.25, 0.3) is 0 Å². The Kier molecular flexibility index (Phi) is 10.5. The number of carbonyl (C=O) groups is 1. The Bertz CT molecular complexity index is 1050. The monoisotopic (exact) mass is 497 g/mol. The molecule has 1 radical (unpaired) electrons. The maximum atomic E-state index is 15.4. The van der Waals surface area contributed by atoms with Gasteiger partial charge in [0.1, 0.15) is 19.6 Å². The van der Waals surface area contributed by atoms with E-state index in [1.807, 2.05) is 60.7 Å². The Morgan fingerprint density at radius 2 is 1.36 bits per heavy atom. The van der Waals surface area contributed by atoms with Crippen LogP contribution in [0.25, 0.3) is 0 Å². The van der Waals surface area contributed by atoms with E-state index in [1.54, 1.807) is 0 Å². The number of methoxy groups -OCH3 is 3. The molecule has 8 heteroatoms. The molecule has 0 spiro atoms. The summed E-state index contributed by atoms with van der Waals surface area (Å²) >= 11 is 0. The van der Waals surface area contributed by atoms with Gasteiger partial charge in [0.2, 0.25) is 11.6 Å². The lowest BCUT2D eigenvalue weighted by Crippen LogP contribution is -2.15. The van der Waals surface area contributed by atoms with Crippen LogP contribution in [-0.2, 0) is 19.0 Å². The summed E-state index contributed by atoms with van der Waals surface area (Å²) in [5, 5.41) is 0. The van der Waals surface area contributed by atoms with E-state index in [2.05, 4.69) is 0 Å². The predicted molar refractivity (Wildman–Crippen MR) is 132 cm³/mol. The van der Waals surface area contributed by atoms with Gasteiger partial charge >= 0.3 is 5.97 Å². The van der Waals surface area contributed by atoms with Crippen molar-refractivity contribution in [2.45, 2.75) is 6.10 Å². The summed E-state index contributed by atoms with van der Waals surface area (Å²) in [6, 6.07) is 20.2. The lowest BCUT2D eigenvalue weighted by molar-refractivity contribution is -0.142. The molecule has 0 saturated carbocycles. The Morgan fingerprint density at radius 1 is 0.806 bits per heavy atom. The summed E-state index contributed by atoms with van der Waals surface area (Å²) in [7, 11) is 4.35. The van der Waals surface area contributed by atoms with Crippen molar-refractivity contribution in [2.75, 3.05) is 47.8 Å². The molecule has 0 saturated heterocycles. The van der Waals surface area contributed by atoms with E-state index in [1.165, 1.54) is 33.8 Å². The minimum absolute atomic E-state index is 0.0954. The van der Waals surface area contributed by atoms with Gasteiger partial charge in [0, 0.05) is 19.8 Å². The molecule has 0 fully saturated rings. The van der Waals surface area contributed by atoms with Crippen molar-refractivity contribution in [3.8, 4) is 17.2 Å². The summed E-state index contributed by atoms with van der Waals surface area (Å²) in [6.07, 6.45) is 0.518. The average molecular weight is 498 g/mol. The largest absolute Gasteiger partial charge is 0.493 e. The van der Waals surface area contributed by atoms with E-state index in [-0.39, 0.29) is 49.2 Å². The summed E-state index contributed by atoms with van der Waals surface area (Å²) < 4.78 is 47.7. The average Bonchev–Trinajstić information content (AvgIpc) is 2.90. The molecule has 0 atom stereocenters. The molecule has 0 amide bonds. The highest BCUT2D eigenvalue weighted by Gasteiger charge is 2.26. The minimum atomic E-state index is -0.801. The second-order valence-electron chi connectivity index (χ2n) is 7.61. The zero-order valence-corrected chi connectivity index (χ0v) is 20.6. The van der Waals surface area contributed by atoms with E-state index in [9.17, 15) is 4.79 Å². The normalized spacial score (nSPS) is 10.8. The van der Waals surface area contributed by atoms with Gasteiger partial charge in [-0.05, 0) is 17.2 Å². The maximum absolute atomic E-state index is 15.4. The van der Waals surface area contributed by atoms with E-state index in [0.29, 0.717) is 0 Å². The molecule has 0 aliphatic carbocycles. The Morgan fingerprint density at radius 3 is 1.89 bits per heavy atom. The summed E-state index contributed by atoms with van der Waals surface area (Å²) in [4.78, 5) is 13.1. The molecule has 36 heavy (non-hydrogen) atoms. The predicted octanol–water partition coefficient (Wildman–Crippen LogP) is 4.77. The van der Waals surface area contributed by atoms with Gasteiger partial charge in [-0.2, -0.15) is 4.39 Å². The van der Waals surface area contributed by atoms with Gasteiger partial charge in [-0.3, -0.25) is 4.79 Å². The van der Waals surface area contributed by atoms with Crippen molar-refractivity contribution in [2.24, 2.45) is 0 Å². The van der Waals surface area contributed by atoms with E-state index in [4.69, 9.17) is 28.4 Å². The van der Waals surface area contributed by atoms with Crippen LogP contribution in [0.15, 0.2) is 66.7 Å². The number of ether oxygens (including phenoxy) is 6. The first-order valence-electron chi connectivity index (χ1n) is 11.4. The van der Waals surface area contributed by atoms with Crippen molar-refractivity contribution in [1.82, 2.24) is 0 Å². The molecule has 0 aliphatic heterocycles. The van der Waals surface area contributed by atoms with Crippen molar-refractivity contribution >= 4 is 5.97 Å². The topological polar surface area (TPSA) is 72.5 Å². The third-order valence-corrected chi connectivity index (χ3v) is 5.17. The van der Waals surface area contributed by atoms with Crippen LogP contribution in [0.1, 0.15) is 22.8 Å². The Balaban J connectivity index is 1.89. The number of carbonyl (C=O) groups excluding carboxylic acids is 1. The lowest BCUT2D eigenvalue weighted by Gasteiger charge is -2.20. The summed E-state index contributed by atoms with van der Waals surface area (Å²) in [5.41, 5.74) is 1.74. The van der Waals surface area contributed by atoms with E-state index >= 15 is 4.39 Å². The first-order valence-corrected chi connectivity index (χ1v) is 11.4. The summed E-state index contributed by atoms with van der Waals surface area (Å²) in [5.74, 6) is -1.69. The van der Waals surface area contributed by atoms with Crippen LogP contribution in [0.2, 0.25) is 0 Å². The molecule has 191 valence electrons. The third-order valence-electron chi connectivity index (χ3n) is 5.17. The molecule has 3 aromatic rings. The van der Waals surface area contributed by atoms with Crippen LogP contribution in [-0.4, -0.2) is 53.7 Å². The number of benzene rings is 3. The summed E-state index contributed by atoms with van der Waals surface area (Å²) in [6.45, 7) is 0.775. The van der Waals surface area contributed by atoms with Crippen LogP contribution < -0.4 is 14.2 Å². The molecule has 0 heterocycles. The standard InChI is InChI=1S/C28H30FO7/c1-31-14-16-34-23-18-22(27(33-3)25(29)28(23)35-17-15-32-2)19-24(30)36-26(20-10-6-4-7-11-20)21-12-8-5-9-13-21/h4-13,18-19,26H,14-17H2,1-3H3. The molecule has 0 aromatic heterocycles. The molecule has 0 unspecified atom stereocenters. The number of halogens is 1. The third kappa shape index (κ3) is 7.19. The second-order valence-corrected chi connectivity index (χ2v) is 7.61. The van der Waals surface area contributed by atoms with E-state index in [0.717, 1.165) is 11.1 Å². The quantitative estimate of drug-likeness (QED) is 0.235. The molecule has 3 rings (SSSR count). The van der Waals surface area contributed by atoms with Gasteiger partial charge in [-0.25, -0.2) is 0 Å². The SMILES string of the molecule is COCCOc1cc([CH]C(=O)OC(c2ccccc2)c2ccccc2)c(OC)c(F)c1OCCOC. The van der Waals surface area contributed by atoms with Crippen LogP contribution in [0.3, 0.4) is 0 Å². The highest BCUT2D eigenvalue weighted by Crippen LogP contribution is 2.40.